The van der Waals surface area contributed by atoms with Crippen LogP contribution in [0.15, 0.2) is 41.4 Å². The number of carbonyl (C=O) groups is 1. The number of nitro groups is 1. The molecule has 0 spiro atoms. The lowest BCUT2D eigenvalue weighted by molar-refractivity contribution is -0.384. The Hall–Kier alpha value is -2.48. The standard InChI is InChI=1S/C12H9N3O4S/c16-12(17)7-20-11-5-4-10(13-14-11)8-2-1-3-9(6-8)15(18)19/h1-6H,7H2,(H,16,17). The zero-order chi connectivity index (χ0) is 14.5. The van der Waals surface area contributed by atoms with Gasteiger partial charge in [0.15, 0.2) is 0 Å². The summed E-state index contributed by atoms with van der Waals surface area (Å²) in [5, 5.41) is 27.6. The first kappa shape index (κ1) is 13.9. The summed E-state index contributed by atoms with van der Waals surface area (Å²) in [6.07, 6.45) is 0. The lowest BCUT2D eigenvalue weighted by Gasteiger charge is -2.01. The molecule has 0 unspecified atom stereocenters. The molecule has 0 radical (unpaired) electrons. The number of carboxylic acids is 1. The molecule has 0 saturated heterocycles. The van der Waals surface area contributed by atoms with Crippen LogP contribution in [-0.2, 0) is 4.79 Å². The number of aromatic nitrogens is 2. The van der Waals surface area contributed by atoms with Gasteiger partial charge in [0.05, 0.1) is 16.4 Å². The average Bonchev–Trinajstić information content (AvgIpc) is 2.46. The van der Waals surface area contributed by atoms with Gasteiger partial charge < -0.3 is 5.11 Å². The van der Waals surface area contributed by atoms with Crippen LogP contribution in [0.4, 0.5) is 5.69 Å². The van der Waals surface area contributed by atoms with E-state index in [1.807, 2.05) is 0 Å². The maximum absolute atomic E-state index is 10.7. The van der Waals surface area contributed by atoms with Crippen molar-refractivity contribution in [3.8, 4) is 11.3 Å². The molecule has 8 heteroatoms. The molecule has 0 amide bonds. The zero-order valence-electron chi connectivity index (χ0n) is 10.1. The van der Waals surface area contributed by atoms with E-state index in [1.165, 1.54) is 12.1 Å². The van der Waals surface area contributed by atoms with E-state index in [2.05, 4.69) is 10.2 Å². The van der Waals surface area contributed by atoms with Gasteiger partial charge in [0, 0.05) is 17.7 Å². The molecular weight excluding hydrogens is 282 g/mol. The maximum Gasteiger partial charge on any atom is 0.313 e. The fourth-order valence-electron chi connectivity index (χ4n) is 1.47. The Morgan fingerprint density at radius 3 is 2.70 bits per heavy atom. The zero-order valence-corrected chi connectivity index (χ0v) is 10.9. The number of carboxylic acid groups (broad SMARTS) is 1. The van der Waals surface area contributed by atoms with Gasteiger partial charge in [-0.1, -0.05) is 23.9 Å². The molecule has 7 nitrogen and oxygen atoms in total. The molecule has 2 rings (SSSR count). The minimum absolute atomic E-state index is 0.0198. The van der Waals surface area contributed by atoms with Crippen LogP contribution in [0.3, 0.4) is 0 Å². The fraction of sp³-hybridized carbons (Fsp3) is 0.0833. The summed E-state index contributed by atoms with van der Waals surface area (Å²) >= 11 is 1.06. The Labute approximate surface area is 117 Å². The Bertz CT molecular complexity index is 645. The average molecular weight is 291 g/mol. The smallest absolute Gasteiger partial charge is 0.313 e. The minimum Gasteiger partial charge on any atom is -0.481 e. The molecule has 0 aliphatic heterocycles. The van der Waals surface area contributed by atoms with Crippen molar-refractivity contribution in [2.24, 2.45) is 0 Å². The summed E-state index contributed by atoms with van der Waals surface area (Å²) in [5.74, 6) is -1.02. The second kappa shape index (κ2) is 6.11. The number of rotatable bonds is 5. The molecule has 1 N–H and O–H groups in total. The lowest BCUT2D eigenvalue weighted by Crippen LogP contribution is -1.99. The number of benzene rings is 1. The van der Waals surface area contributed by atoms with E-state index in [0.717, 1.165) is 11.8 Å². The number of nitrogens with zero attached hydrogens (tertiary/aromatic N) is 3. The maximum atomic E-state index is 10.7. The molecule has 1 heterocycles. The third-order valence-electron chi connectivity index (χ3n) is 2.34. The number of aliphatic carboxylic acids is 1. The highest BCUT2D eigenvalue weighted by Gasteiger charge is 2.09. The van der Waals surface area contributed by atoms with Crippen molar-refractivity contribution in [3.05, 3.63) is 46.5 Å². The predicted molar refractivity (Wildman–Crippen MR) is 72.5 cm³/mol. The van der Waals surface area contributed by atoms with Crippen LogP contribution in [0.5, 0.6) is 0 Å². The monoisotopic (exact) mass is 291 g/mol. The van der Waals surface area contributed by atoms with Gasteiger partial charge in [-0.15, -0.1) is 10.2 Å². The van der Waals surface area contributed by atoms with E-state index in [9.17, 15) is 14.9 Å². The normalized spacial score (nSPS) is 10.2. The van der Waals surface area contributed by atoms with Gasteiger partial charge in [0.25, 0.3) is 5.69 Å². The quantitative estimate of drug-likeness (QED) is 0.511. The molecule has 0 bridgehead atoms. The highest BCUT2D eigenvalue weighted by molar-refractivity contribution is 7.99. The number of hydrogen-bond acceptors (Lipinski definition) is 6. The molecule has 2 aromatic rings. The van der Waals surface area contributed by atoms with Crippen LogP contribution >= 0.6 is 11.8 Å². The van der Waals surface area contributed by atoms with Crippen LogP contribution in [-0.4, -0.2) is 31.9 Å². The van der Waals surface area contributed by atoms with Crippen LogP contribution < -0.4 is 0 Å². The topological polar surface area (TPSA) is 106 Å². The molecule has 0 atom stereocenters. The van der Waals surface area contributed by atoms with Gasteiger partial charge in [0.2, 0.25) is 0 Å². The van der Waals surface area contributed by atoms with Gasteiger partial charge in [-0.25, -0.2) is 0 Å². The predicted octanol–water partition coefficient (Wildman–Crippen LogP) is 2.23. The van der Waals surface area contributed by atoms with Crippen LogP contribution in [0.2, 0.25) is 0 Å². The highest BCUT2D eigenvalue weighted by atomic mass is 32.2. The van der Waals surface area contributed by atoms with Gasteiger partial charge >= 0.3 is 5.97 Å². The fourth-order valence-corrected chi connectivity index (χ4v) is 2.00. The summed E-state index contributed by atoms with van der Waals surface area (Å²) in [6.45, 7) is 0. The van der Waals surface area contributed by atoms with Crippen molar-refractivity contribution < 1.29 is 14.8 Å². The van der Waals surface area contributed by atoms with E-state index in [4.69, 9.17) is 5.11 Å². The highest BCUT2D eigenvalue weighted by Crippen LogP contribution is 2.23. The number of hydrogen-bond donors (Lipinski definition) is 1. The molecular formula is C12H9N3O4S. The van der Waals surface area contributed by atoms with Crippen molar-refractivity contribution in [2.45, 2.75) is 5.03 Å². The van der Waals surface area contributed by atoms with Gasteiger partial charge in [-0.2, -0.15) is 0 Å². The molecule has 0 aliphatic carbocycles. The van der Waals surface area contributed by atoms with Crippen molar-refractivity contribution in [1.29, 1.82) is 0 Å². The molecule has 1 aromatic carbocycles. The van der Waals surface area contributed by atoms with Gasteiger partial charge in [-0.3, -0.25) is 14.9 Å². The largest absolute Gasteiger partial charge is 0.481 e. The first-order chi connectivity index (χ1) is 9.56. The Morgan fingerprint density at radius 2 is 2.10 bits per heavy atom. The molecule has 0 aliphatic rings. The molecule has 102 valence electrons. The van der Waals surface area contributed by atoms with Gasteiger partial charge in [0.1, 0.15) is 5.03 Å². The summed E-state index contributed by atoms with van der Waals surface area (Å²) in [5.41, 5.74) is 1.06. The van der Waals surface area contributed by atoms with E-state index < -0.39 is 10.9 Å². The Balaban J connectivity index is 2.19. The molecule has 0 fully saturated rings. The third-order valence-corrected chi connectivity index (χ3v) is 3.24. The molecule has 0 saturated carbocycles. The number of non-ortho nitro benzene ring substituents is 1. The number of nitro benzene ring substituents is 1. The lowest BCUT2D eigenvalue weighted by atomic mass is 10.1. The summed E-state index contributed by atoms with van der Waals surface area (Å²) in [4.78, 5) is 20.6. The Kier molecular flexibility index (Phi) is 4.26. The van der Waals surface area contributed by atoms with E-state index in [1.54, 1.807) is 24.3 Å². The van der Waals surface area contributed by atoms with E-state index in [-0.39, 0.29) is 11.4 Å². The first-order valence-corrected chi connectivity index (χ1v) is 6.48. The molecule has 1 aromatic heterocycles. The Morgan fingerprint density at radius 1 is 1.30 bits per heavy atom. The second-order valence-corrected chi connectivity index (χ2v) is 4.74. The third kappa shape index (κ3) is 3.51. The van der Waals surface area contributed by atoms with Crippen molar-refractivity contribution in [3.63, 3.8) is 0 Å². The van der Waals surface area contributed by atoms with Crippen molar-refractivity contribution in [2.75, 3.05) is 5.75 Å². The minimum atomic E-state index is -0.931. The summed E-state index contributed by atoms with van der Waals surface area (Å²) in [6, 6.07) is 9.36. The van der Waals surface area contributed by atoms with Crippen molar-refractivity contribution in [1.82, 2.24) is 10.2 Å². The van der Waals surface area contributed by atoms with Crippen LogP contribution in [0.25, 0.3) is 11.3 Å². The summed E-state index contributed by atoms with van der Waals surface area (Å²) < 4.78 is 0. The van der Waals surface area contributed by atoms with Crippen molar-refractivity contribution >= 4 is 23.4 Å². The first-order valence-electron chi connectivity index (χ1n) is 5.49. The van der Waals surface area contributed by atoms with Crippen LogP contribution in [0, 0.1) is 10.1 Å². The summed E-state index contributed by atoms with van der Waals surface area (Å²) in [7, 11) is 0. The van der Waals surface area contributed by atoms with Gasteiger partial charge in [-0.05, 0) is 12.1 Å². The SMILES string of the molecule is O=C(O)CSc1ccc(-c2cccc([N+](=O)[O-])c2)nn1. The van der Waals surface area contributed by atoms with E-state index in [0.29, 0.717) is 16.3 Å². The second-order valence-electron chi connectivity index (χ2n) is 3.75. The van der Waals surface area contributed by atoms with Crippen LogP contribution in [0.1, 0.15) is 0 Å². The number of thioether (sulfide) groups is 1. The molecule has 20 heavy (non-hydrogen) atoms. The van der Waals surface area contributed by atoms with E-state index >= 15 is 0 Å².